The number of carbonyl (C=O) groups is 2. The Kier molecular flexibility index (Phi) is 11.4. The number of hydrogen-bond donors (Lipinski definition) is 5. The van der Waals surface area contributed by atoms with Crippen molar-refractivity contribution in [2.45, 2.75) is 37.9 Å². The van der Waals surface area contributed by atoms with Crippen LogP contribution >= 0.6 is 0 Å². The summed E-state index contributed by atoms with van der Waals surface area (Å²) in [4.78, 5) is 29.9. The lowest BCUT2D eigenvalue weighted by Gasteiger charge is -2.34. The van der Waals surface area contributed by atoms with E-state index in [1.54, 1.807) is 18.2 Å². The molecule has 15 heteroatoms. The fraction of sp³-hybridized carbons (Fsp3) is 0.500. The van der Waals surface area contributed by atoms with Gasteiger partial charge in [-0.2, -0.15) is 13.2 Å². The molecular weight excluding hydrogens is 613 g/mol. The highest BCUT2D eigenvalue weighted by Gasteiger charge is 2.47. The second kappa shape index (κ2) is 14.8. The summed E-state index contributed by atoms with van der Waals surface area (Å²) < 4.78 is 67.2. The Morgan fingerprint density at radius 3 is 2.40 bits per heavy atom. The molecule has 2 aromatic rings. The van der Waals surface area contributed by atoms with Gasteiger partial charge in [0.05, 0.1) is 17.9 Å². The number of hydrogen-bond acceptors (Lipinski definition) is 8. The largest absolute Gasteiger partial charge is 0.416 e. The number of amides is 2. The van der Waals surface area contributed by atoms with Crippen LogP contribution in [-0.2, 0) is 27.4 Å². The lowest BCUT2D eigenvalue weighted by Crippen LogP contribution is -2.50. The lowest BCUT2D eigenvalue weighted by molar-refractivity contribution is -0.137. The number of nitrogens with one attached hydrogen (secondary N) is 4. The van der Waals surface area contributed by atoms with Crippen molar-refractivity contribution in [1.82, 2.24) is 25.6 Å². The van der Waals surface area contributed by atoms with Gasteiger partial charge in [0.1, 0.15) is 11.4 Å². The summed E-state index contributed by atoms with van der Waals surface area (Å²) in [6.45, 7) is 5.00. The van der Waals surface area contributed by atoms with Crippen molar-refractivity contribution in [3.63, 3.8) is 0 Å². The molecule has 1 fully saturated rings. The number of rotatable bonds is 14. The number of carbonyl (C=O) groups excluding carboxylic acids is 2. The molecule has 1 saturated heterocycles. The van der Waals surface area contributed by atoms with E-state index >= 15 is 0 Å². The third kappa shape index (κ3) is 8.88. The summed E-state index contributed by atoms with van der Waals surface area (Å²) in [5, 5.41) is 20.4. The molecule has 4 rings (SSSR count). The topological polar surface area (TPSA) is 152 Å². The Morgan fingerprint density at radius 1 is 1.04 bits per heavy atom. The number of aliphatic hydroxyl groups is 1. The molecular formula is C30H39F3N6O5S. The number of piperidine rings is 1. The van der Waals surface area contributed by atoms with Crippen molar-refractivity contribution in [1.29, 1.82) is 0 Å². The number of benzene rings is 2. The van der Waals surface area contributed by atoms with E-state index in [-0.39, 0.29) is 62.0 Å². The molecule has 11 nitrogen and oxygen atoms in total. The number of nitrogens with zero attached hydrogens (tertiary/aromatic N) is 2. The van der Waals surface area contributed by atoms with Crippen LogP contribution in [0.5, 0.6) is 0 Å². The Balaban J connectivity index is 1.27. The predicted molar refractivity (Wildman–Crippen MR) is 163 cm³/mol. The average Bonchev–Trinajstić information content (AvgIpc) is 3.32. The average molecular weight is 653 g/mol. The molecule has 45 heavy (non-hydrogen) atoms. The van der Waals surface area contributed by atoms with Crippen LogP contribution in [0, 0.1) is 6.92 Å². The van der Waals surface area contributed by atoms with Crippen LogP contribution < -0.4 is 21.3 Å². The van der Waals surface area contributed by atoms with Crippen molar-refractivity contribution in [3.8, 4) is 0 Å². The molecule has 0 atom stereocenters. The molecule has 0 radical (unpaired) electrons. The minimum absolute atomic E-state index is 0.0505. The molecule has 0 unspecified atom stereocenters. The second-order valence-electron chi connectivity index (χ2n) is 11.1. The standard InChI is InChI=1S/C30H39F3N6O5S/c1-21-19-24(27(41)36-13-12-34-10-11-35-14-17-40)6-5-22(21)7-18-45(43,44)39-15-8-29(9-16-39)28(42)37-26(38-29)23-3-2-4-25(20-23)30(31,32)33/h2-6,19-20,34-35,40H,7-18H2,1H3,(H,36,41)(H,37,38,42). The van der Waals surface area contributed by atoms with Crippen LogP contribution in [0.15, 0.2) is 47.5 Å². The van der Waals surface area contributed by atoms with Gasteiger partial charge < -0.3 is 26.4 Å². The summed E-state index contributed by atoms with van der Waals surface area (Å²) in [5.41, 5.74) is 0.130. The molecule has 1 spiro atoms. The van der Waals surface area contributed by atoms with Crippen molar-refractivity contribution >= 4 is 27.7 Å². The number of halogens is 3. The first kappa shape index (κ1) is 34.5. The van der Waals surface area contributed by atoms with E-state index in [4.69, 9.17) is 5.11 Å². The maximum atomic E-state index is 13.2. The van der Waals surface area contributed by atoms with Crippen molar-refractivity contribution in [3.05, 3.63) is 70.3 Å². The molecule has 0 bridgehead atoms. The molecule has 2 aliphatic heterocycles. The third-order valence-electron chi connectivity index (χ3n) is 7.98. The van der Waals surface area contributed by atoms with Crippen LogP contribution in [0.3, 0.4) is 0 Å². The zero-order chi connectivity index (χ0) is 32.7. The number of aliphatic hydroxyl groups excluding tert-OH is 1. The third-order valence-corrected chi connectivity index (χ3v) is 9.85. The fourth-order valence-electron chi connectivity index (χ4n) is 5.33. The molecule has 5 N–H and O–H groups in total. The SMILES string of the molecule is Cc1cc(C(=O)NCCNCCNCCO)ccc1CCS(=O)(=O)N1CCC2(CC1)N=C(c1cccc(C(F)(F)F)c1)NC2=O. The smallest absolute Gasteiger partial charge is 0.395 e. The van der Waals surface area contributed by atoms with E-state index in [1.807, 2.05) is 6.92 Å². The predicted octanol–water partition coefficient (Wildman–Crippen LogP) is 1.20. The lowest BCUT2D eigenvalue weighted by atomic mass is 9.89. The number of alkyl halides is 3. The number of aryl methyl sites for hydroxylation is 2. The summed E-state index contributed by atoms with van der Waals surface area (Å²) in [6.07, 6.45) is -4.08. The maximum Gasteiger partial charge on any atom is 0.416 e. The Bertz CT molecular complexity index is 1510. The van der Waals surface area contributed by atoms with Crippen LogP contribution in [-0.4, -0.2) is 99.2 Å². The van der Waals surface area contributed by atoms with E-state index in [2.05, 4.69) is 26.3 Å². The quantitative estimate of drug-likeness (QED) is 0.193. The number of aliphatic imine (C=N–C) groups is 1. The van der Waals surface area contributed by atoms with Crippen LogP contribution in [0.4, 0.5) is 13.2 Å². The highest BCUT2D eigenvalue weighted by atomic mass is 32.2. The first-order valence-corrected chi connectivity index (χ1v) is 16.4. The van der Waals surface area contributed by atoms with E-state index in [9.17, 15) is 31.2 Å². The molecule has 0 saturated carbocycles. The van der Waals surface area contributed by atoms with Gasteiger partial charge in [0.25, 0.3) is 11.8 Å². The summed E-state index contributed by atoms with van der Waals surface area (Å²) >= 11 is 0. The van der Waals surface area contributed by atoms with Gasteiger partial charge in [-0.1, -0.05) is 18.2 Å². The van der Waals surface area contributed by atoms with Gasteiger partial charge in [-0.25, -0.2) is 12.7 Å². The normalized spacial score (nSPS) is 16.9. The summed E-state index contributed by atoms with van der Waals surface area (Å²) in [7, 11) is -3.68. The van der Waals surface area contributed by atoms with Crippen molar-refractivity contribution in [2.75, 3.05) is 58.2 Å². The van der Waals surface area contributed by atoms with Gasteiger partial charge in [-0.05, 0) is 61.6 Å². The van der Waals surface area contributed by atoms with E-state index < -0.39 is 33.2 Å². The van der Waals surface area contributed by atoms with Crippen molar-refractivity contribution < 1.29 is 36.3 Å². The second-order valence-corrected chi connectivity index (χ2v) is 13.2. The molecule has 2 aliphatic rings. The van der Waals surface area contributed by atoms with Gasteiger partial charge in [0.2, 0.25) is 10.0 Å². The van der Waals surface area contributed by atoms with E-state index in [1.165, 1.54) is 16.4 Å². The van der Waals surface area contributed by atoms with Crippen LogP contribution in [0.2, 0.25) is 0 Å². The highest BCUT2D eigenvalue weighted by molar-refractivity contribution is 7.89. The van der Waals surface area contributed by atoms with Crippen LogP contribution in [0.1, 0.15) is 45.5 Å². The maximum absolute atomic E-state index is 13.2. The first-order chi connectivity index (χ1) is 21.3. The minimum Gasteiger partial charge on any atom is -0.395 e. The molecule has 2 amide bonds. The zero-order valence-electron chi connectivity index (χ0n) is 25.0. The monoisotopic (exact) mass is 652 g/mol. The summed E-state index contributed by atoms with van der Waals surface area (Å²) in [5.74, 6) is -0.783. The van der Waals surface area contributed by atoms with Crippen molar-refractivity contribution in [2.24, 2.45) is 4.99 Å². The van der Waals surface area contributed by atoms with E-state index in [0.29, 0.717) is 38.3 Å². The Labute approximate surface area is 260 Å². The van der Waals surface area contributed by atoms with E-state index in [0.717, 1.165) is 23.3 Å². The Morgan fingerprint density at radius 2 is 1.73 bits per heavy atom. The summed E-state index contributed by atoms with van der Waals surface area (Å²) in [6, 6.07) is 9.71. The van der Waals surface area contributed by atoms with Gasteiger partial charge in [-0.3, -0.25) is 14.6 Å². The number of amidine groups is 1. The van der Waals surface area contributed by atoms with Gasteiger partial charge in [0, 0.05) is 56.9 Å². The van der Waals surface area contributed by atoms with Gasteiger partial charge >= 0.3 is 6.18 Å². The zero-order valence-corrected chi connectivity index (χ0v) is 25.9. The van der Waals surface area contributed by atoms with Gasteiger partial charge in [0.15, 0.2) is 0 Å². The fourth-order valence-corrected chi connectivity index (χ4v) is 6.80. The highest BCUT2D eigenvalue weighted by Crippen LogP contribution is 2.34. The molecule has 2 aromatic carbocycles. The van der Waals surface area contributed by atoms with Gasteiger partial charge in [-0.15, -0.1) is 0 Å². The molecule has 0 aromatic heterocycles. The van der Waals surface area contributed by atoms with Crippen LogP contribution in [0.25, 0.3) is 0 Å². The Hall–Kier alpha value is -3.37. The molecule has 0 aliphatic carbocycles. The first-order valence-electron chi connectivity index (χ1n) is 14.8. The molecule has 2 heterocycles. The number of sulfonamides is 1. The molecule has 246 valence electrons. The minimum atomic E-state index is -4.54.